The lowest BCUT2D eigenvalue weighted by atomic mass is 9.83. The Bertz CT molecular complexity index is 788. The normalized spacial score (nSPS) is 22.3. The third-order valence-electron chi connectivity index (χ3n) is 5.80. The minimum absolute atomic E-state index is 0.0195. The minimum Gasteiger partial charge on any atom is -0.475 e. The highest BCUT2D eigenvalue weighted by molar-refractivity contribution is 5.59. The molecule has 1 N–H and O–H groups in total. The number of morpholine rings is 1. The van der Waals surface area contributed by atoms with E-state index in [2.05, 4.69) is 39.2 Å². The van der Waals surface area contributed by atoms with Gasteiger partial charge in [-0.2, -0.15) is 9.37 Å². The summed E-state index contributed by atoms with van der Waals surface area (Å²) < 4.78 is 25.2. The van der Waals surface area contributed by atoms with Crippen molar-refractivity contribution in [3.63, 3.8) is 0 Å². The van der Waals surface area contributed by atoms with Gasteiger partial charge in [-0.3, -0.25) is 0 Å². The lowest BCUT2D eigenvalue weighted by Gasteiger charge is -2.28. The van der Waals surface area contributed by atoms with Crippen LogP contribution in [0.4, 0.5) is 21.7 Å². The average Bonchev–Trinajstić information content (AvgIpc) is 2.76. The van der Waals surface area contributed by atoms with E-state index in [1.807, 2.05) is 12.1 Å². The number of nitrogens with one attached hydrogen (secondary N) is 1. The molecular formula is C22H29FN4O2. The quantitative estimate of drug-likeness (QED) is 0.776. The van der Waals surface area contributed by atoms with E-state index in [9.17, 15) is 4.39 Å². The van der Waals surface area contributed by atoms with Gasteiger partial charge in [0, 0.05) is 24.5 Å². The molecule has 1 saturated heterocycles. The van der Waals surface area contributed by atoms with Crippen molar-refractivity contribution in [2.24, 2.45) is 11.8 Å². The van der Waals surface area contributed by atoms with Crippen LogP contribution < -0.4 is 15.0 Å². The summed E-state index contributed by atoms with van der Waals surface area (Å²) >= 11 is 0. The van der Waals surface area contributed by atoms with Gasteiger partial charge in [-0.25, -0.2) is 4.98 Å². The highest BCUT2D eigenvalue weighted by atomic mass is 19.1. The van der Waals surface area contributed by atoms with E-state index >= 15 is 0 Å². The van der Waals surface area contributed by atoms with Gasteiger partial charge in [0.1, 0.15) is 0 Å². The van der Waals surface area contributed by atoms with Gasteiger partial charge in [0.25, 0.3) is 5.88 Å². The van der Waals surface area contributed by atoms with E-state index in [1.165, 1.54) is 12.8 Å². The molecule has 0 atom stereocenters. The molecule has 0 spiro atoms. The molecule has 2 aromatic rings. The van der Waals surface area contributed by atoms with Gasteiger partial charge in [-0.1, -0.05) is 19.8 Å². The number of aromatic nitrogens is 2. The number of rotatable bonds is 6. The zero-order chi connectivity index (χ0) is 20.1. The molecule has 1 aromatic heterocycles. The van der Waals surface area contributed by atoms with Gasteiger partial charge in [0.05, 0.1) is 26.0 Å². The largest absolute Gasteiger partial charge is 0.475 e. The van der Waals surface area contributed by atoms with E-state index in [0.717, 1.165) is 62.6 Å². The summed E-state index contributed by atoms with van der Waals surface area (Å²) in [6.45, 7) is 6.10. The molecule has 156 valence electrons. The number of benzene rings is 1. The Balaban J connectivity index is 1.35. The van der Waals surface area contributed by atoms with Crippen LogP contribution in [0.2, 0.25) is 0 Å². The van der Waals surface area contributed by atoms with Crippen LogP contribution >= 0.6 is 0 Å². The number of nitrogens with zero attached hydrogens (tertiary/aromatic N) is 3. The Hall–Kier alpha value is -2.41. The summed E-state index contributed by atoms with van der Waals surface area (Å²) in [4.78, 5) is 10.6. The van der Waals surface area contributed by atoms with E-state index in [4.69, 9.17) is 9.47 Å². The van der Waals surface area contributed by atoms with Crippen molar-refractivity contribution in [3.8, 4) is 5.88 Å². The highest BCUT2D eigenvalue weighted by Gasteiger charge is 2.20. The van der Waals surface area contributed by atoms with Crippen LogP contribution in [0.1, 0.15) is 32.6 Å². The van der Waals surface area contributed by atoms with Crippen molar-refractivity contribution >= 4 is 17.3 Å². The van der Waals surface area contributed by atoms with Crippen molar-refractivity contribution in [2.75, 3.05) is 43.1 Å². The van der Waals surface area contributed by atoms with Crippen LogP contribution in [0.15, 0.2) is 30.5 Å². The molecule has 2 heterocycles. The second kappa shape index (κ2) is 9.39. The van der Waals surface area contributed by atoms with Gasteiger partial charge in [-0.15, -0.1) is 0 Å². The maximum absolute atomic E-state index is 14.1. The van der Waals surface area contributed by atoms with Gasteiger partial charge in [0.15, 0.2) is 0 Å². The molecule has 1 aliphatic carbocycles. The van der Waals surface area contributed by atoms with Gasteiger partial charge in [0.2, 0.25) is 11.8 Å². The molecule has 1 saturated carbocycles. The number of halogens is 1. The Morgan fingerprint density at radius 2 is 1.86 bits per heavy atom. The zero-order valence-corrected chi connectivity index (χ0v) is 16.9. The third kappa shape index (κ3) is 5.35. The van der Waals surface area contributed by atoms with E-state index in [-0.39, 0.29) is 5.88 Å². The Labute approximate surface area is 171 Å². The van der Waals surface area contributed by atoms with Crippen LogP contribution in [0.5, 0.6) is 5.88 Å². The number of ether oxygens (including phenoxy) is 2. The molecule has 2 fully saturated rings. The highest BCUT2D eigenvalue weighted by Crippen LogP contribution is 2.29. The van der Waals surface area contributed by atoms with Crippen LogP contribution in [0.3, 0.4) is 0 Å². The van der Waals surface area contributed by atoms with Crippen molar-refractivity contribution in [3.05, 3.63) is 36.3 Å². The summed E-state index contributed by atoms with van der Waals surface area (Å²) in [5.74, 6) is 1.09. The molecule has 0 amide bonds. The van der Waals surface area contributed by atoms with Crippen LogP contribution in [0, 0.1) is 17.7 Å². The zero-order valence-electron chi connectivity index (χ0n) is 16.9. The second-order valence-electron chi connectivity index (χ2n) is 8.05. The first-order valence-electron chi connectivity index (χ1n) is 10.5. The molecule has 29 heavy (non-hydrogen) atoms. The minimum atomic E-state index is -0.526. The SMILES string of the molecule is C[C@H]1CC[C@H](COc2nc(Nc3ccc(N4CCOCC4)cc3)ncc2F)CC1. The van der Waals surface area contributed by atoms with Crippen molar-refractivity contribution < 1.29 is 13.9 Å². The first-order valence-corrected chi connectivity index (χ1v) is 10.5. The summed E-state index contributed by atoms with van der Waals surface area (Å²) in [6.07, 6.45) is 5.86. The number of anilines is 3. The molecule has 2 aliphatic rings. The predicted molar refractivity (Wildman–Crippen MR) is 111 cm³/mol. The standard InChI is InChI=1S/C22H29FN4O2/c1-16-2-4-17(5-3-16)15-29-21-20(23)14-24-22(26-21)25-18-6-8-19(9-7-18)27-10-12-28-13-11-27/h6-9,14,16-17H,2-5,10-13,15H2,1H3,(H,24,25,26)/t16-,17-. The summed E-state index contributed by atoms with van der Waals surface area (Å²) in [6, 6.07) is 8.06. The fourth-order valence-corrected chi connectivity index (χ4v) is 3.91. The third-order valence-corrected chi connectivity index (χ3v) is 5.80. The maximum Gasteiger partial charge on any atom is 0.255 e. The first kappa shape index (κ1) is 19.9. The molecule has 6 nitrogen and oxygen atoms in total. The topological polar surface area (TPSA) is 59.5 Å². The smallest absolute Gasteiger partial charge is 0.255 e. The van der Waals surface area contributed by atoms with Crippen LogP contribution in [0.25, 0.3) is 0 Å². The number of hydrogen-bond acceptors (Lipinski definition) is 6. The fraction of sp³-hybridized carbons (Fsp3) is 0.545. The molecule has 4 rings (SSSR count). The molecule has 0 unspecified atom stereocenters. The average molecular weight is 400 g/mol. The monoisotopic (exact) mass is 400 g/mol. The van der Waals surface area contributed by atoms with Crippen LogP contribution in [-0.4, -0.2) is 42.9 Å². The first-order chi connectivity index (χ1) is 14.2. The molecular weight excluding hydrogens is 371 g/mol. The molecule has 7 heteroatoms. The Morgan fingerprint density at radius 1 is 1.14 bits per heavy atom. The van der Waals surface area contributed by atoms with Crippen molar-refractivity contribution in [1.82, 2.24) is 9.97 Å². The summed E-state index contributed by atoms with van der Waals surface area (Å²) in [7, 11) is 0. The number of hydrogen-bond donors (Lipinski definition) is 1. The molecule has 1 aromatic carbocycles. The van der Waals surface area contributed by atoms with Gasteiger partial charge < -0.3 is 19.7 Å². The van der Waals surface area contributed by atoms with Crippen molar-refractivity contribution in [1.29, 1.82) is 0 Å². The van der Waals surface area contributed by atoms with E-state index in [1.54, 1.807) is 0 Å². The summed E-state index contributed by atoms with van der Waals surface area (Å²) in [5.41, 5.74) is 2.01. The Kier molecular flexibility index (Phi) is 6.44. The Morgan fingerprint density at radius 3 is 2.59 bits per heavy atom. The van der Waals surface area contributed by atoms with Gasteiger partial charge >= 0.3 is 0 Å². The van der Waals surface area contributed by atoms with Crippen LogP contribution in [-0.2, 0) is 4.74 Å². The molecule has 0 bridgehead atoms. The summed E-state index contributed by atoms with van der Waals surface area (Å²) in [5, 5.41) is 3.13. The van der Waals surface area contributed by atoms with E-state index in [0.29, 0.717) is 18.5 Å². The van der Waals surface area contributed by atoms with Gasteiger partial charge in [-0.05, 0) is 48.9 Å². The molecule has 1 aliphatic heterocycles. The van der Waals surface area contributed by atoms with E-state index < -0.39 is 5.82 Å². The second-order valence-corrected chi connectivity index (χ2v) is 8.05. The lowest BCUT2D eigenvalue weighted by molar-refractivity contribution is 0.122. The lowest BCUT2D eigenvalue weighted by Crippen LogP contribution is -2.36. The molecule has 0 radical (unpaired) electrons. The maximum atomic E-state index is 14.1. The predicted octanol–water partition coefficient (Wildman–Crippen LogP) is 4.40. The fourth-order valence-electron chi connectivity index (χ4n) is 3.91. The van der Waals surface area contributed by atoms with Crippen molar-refractivity contribution in [2.45, 2.75) is 32.6 Å².